The zero-order valence-corrected chi connectivity index (χ0v) is 29.8. The highest BCUT2D eigenvalue weighted by molar-refractivity contribution is 6.08. The molecule has 0 spiro atoms. The molecular formula is C41H54N4O4. The molecule has 2 aliphatic heterocycles. The molecule has 0 radical (unpaired) electrons. The van der Waals surface area contributed by atoms with E-state index in [1.807, 2.05) is 6.92 Å². The standard InChI is InChI=1S/C41H54N4O4/c1-4-5-6-7-10-21-43-22-24-44(25-23-43)41(48)39(33-19-26-49-27-20-33)32-15-13-31(14-16-32)28-45-36-12-9-8-11-35(36)38-29(2)34(17-18-37(46)47)30(3)42-40(38)45/h8-9,11-16,33,39H,4-7,10,17-28H2,1-3H3,(H,46,47). The van der Waals surface area contributed by atoms with Crippen molar-refractivity contribution in [1.29, 1.82) is 0 Å². The van der Waals surface area contributed by atoms with Gasteiger partial charge in [0.15, 0.2) is 0 Å². The number of unbranched alkanes of at least 4 members (excludes halogenated alkanes) is 4. The summed E-state index contributed by atoms with van der Waals surface area (Å²) in [5, 5.41) is 11.6. The number of pyridine rings is 1. The van der Waals surface area contributed by atoms with Crippen molar-refractivity contribution in [3.63, 3.8) is 0 Å². The molecule has 1 amide bonds. The number of piperazine rings is 1. The minimum Gasteiger partial charge on any atom is -0.481 e. The van der Waals surface area contributed by atoms with Crippen LogP contribution >= 0.6 is 0 Å². The van der Waals surface area contributed by atoms with Gasteiger partial charge in [0, 0.05) is 68.8 Å². The second-order valence-corrected chi connectivity index (χ2v) is 14.2. The normalized spacial score (nSPS) is 16.8. The molecule has 1 atom stereocenters. The molecule has 2 aliphatic rings. The van der Waals surface area contributed by atoms with Crippen molar-refractivity contribution in [2.75, 3.05) is 45.9 Å². The molecule has 0 saturated carbocycles. The van der Waals surface area contributed by atoms with Gasteiger partial charge in [-0.05, 0) is 80.3 Å². The molecule has 1 unspecified atom stereocenters. The highest BCUT2D eigenvalue weighted by Gasteiger charge is 2.35. The first-order valence-corrected chi connectivity index (χ1v) is 18.6. The Morgan fingerprint density at radius 3 is 2.37 bits per heavy atom. The van der Waals surface area contributed by atoms with Gasteiger partial charge in [0.05, 0.1) is 11.4 Å². The second kappa shape index (κ2) is 16.3. The van der Waals surface area contributed by atoms with Crippen LogP contribution in [-0.2, 0) is 27.3 Å². The summed E-state index contributed by atoms with van der Waals surface area (Å²) < 4.78 is 8.00. The number of aryl methyl sites for hydroxylation is 2. The smallest absolute Gasteiger partial charge is 0.303 e. The summed E-state index contributed by atoms with van der Waals surface area (Å²) in [6, 6.07) is 17.1. The largest absolute Gasteiger partial charge is 0.481 e. The van der Waals surface area contributed by atoms with Gasteiger partial charge >= 0.3 is 5.97 Å². The lowest BCUT2D eigenvalue weighted by Gasteiger charge is -2.39. The van der Waals surface area contributed by atoms with Crippen LogP contribution in [0, 0.1) is 19.8 Å². The van der Waals surface area contributed by atoms with Gasteiger partial charge < -0.3 is 19.3 Å². The number of aliphatic carboxylic acids is 1. The zero-order valence-electron chi connectivity index (χ0n) is 29.8. The van der Waals surface area contributed by atoms with Crippen LogP contribution in [0.15, 0.2) is 48.5 Å². The molecule has 4 aromatic rings. The molecule has 2 saturated heterocycles. The predicted octanol–water partition coefficient (Wildman–Crippen LogP) is 7.50. The highest BCUT2D eigenvalue weighted by Crippen LogP contribution is 2.36. The summed E-state index contributed by atoms with van der Waals surface area (Å²) in [6.07, 6.45) is 8.87. The van der Waals surface area contributed by atoms with Gasteiger partial charge in [-0.2, -0.15) is 0 Å². The Balaban J connectivity index is 1.21. The molecule has 4 heterocycles. The fraction of sp³-hybridized carbons (Fsp3) is 0.537. The van der Waals surface area contributed by atoms with Gasteiger partial charge in [0.2, 0.25) is 5.91 Å². The van der Waals surface area contributed by atoms with Crippen molar-refractivity contribution in [1.82, 2.24) is 19.4 Å². The van der Waals surface area contributed by atoms with Crippen LogP contribution in [0.5, 0.6) is 0 Å². The average molecular weight is 667 g/mol. The minimum atomic E-state index is -0.795. The SMILES string of the molecule is CCCCCCCN1CCN(C(=O)C(c2ccc(Cn3c4ccccc4c4c(C)c(CCC(=O)O)c(C)nc43)cc2)C2CCOCC2)CC1. The summed E-state index contributed by atoms with van der Waals surface area (Å²) in [4.78, 5) is 35.4. The van der Waals surface area contributed by atoms with Crippen LogP contribution in [0.4, 0.5) is 0 Å². The predicted molar refractivity (Wildman–Crippen MR) is 196 cm³/mol. The molecule has 2 fully saturated rings. The molecule has 1 N–H and O–H groups in total. The van der Waals surface area contributed by atoms with Gasteiger partial charge in [0.1, 0.15) is 5.65 Å². The molecule has 0 bridgehead atoms. The topological polar surface area (TPSA) is 87.9 Å². The Labute approximate surface area is 291 Å². The number of rotatable bonds is 14. The van der Waals surface area contributed by atoms with E-state index in [9.17, 15) is 14.7 Å². The summed E-state index contributed by atoms with van der Waals surface area (Å²) in [7, 11) is 0. The number of hydrogen-bond donors (Lipinski definition) is 1. The molecule has 6 rings (SSSR count). The lowest BCUT2D eigenvalue weighted by molar-refractivity contribution is -0.137. The number of hydrogen-bond acceptors (Lipinski definition) is 5. The number of nitrogens with zero attached hydrogens (tertiary/aromatic N) is 4. The van der Waals surface area contributed by atoms with Gasteiger partial charge in [-0.15, -0.1) is 0 Å². The van der Waals surface area contributed by atoms with E-state index in [4.69, 9.17) is 9.72 Å². The van der Waals surface area contributed by atoms with E-state index < -0.39 is 5.97 Å². The monoisotopic (exact) mass is 666 g/mol. The van der Waals surface area contributed by atoms with Crippen molar-refractivity contribution in [3.05, 3.63) is 76.5 Å². The summed E-state index contributed by atoms with van der Waals surface area (Å²) in [6.45, 7) is 13.1. The van der Waals surface area contributed by atoms with E-state index in [0.29, 0.717) is 13.0 Å². The number of carbonyl (C=O) groups is 2. The fourth-order valence-corrected chi connectivity index (χ4v) is 8.19. The summed E-state index contributed by atoms with van der Waals surface area (Å²) >= 11 is 0. The Morgan fingerprint density at radius 2 is 1.65 bits per heavy atom. The Hall–Kier alpha value is -3.75. The van der Waals surface area contributed by atoms with Gasteiger partial charge in [-0.25, -0.2) is 4.98 Å². The summed E-state index contributed by atoms with van der Waals surface area (Å²) in [5.41, 5.74) is 7.32. The number of ether oxygens (including phenoxy) is 1. The van der Waals surface area contributed by atoms with Crippen molar-refractivity contribution in [2.45, 2.75) is 91.0 Å². The first-order chi connectivity index (χ1) is 23.9. The zero-order chi connectivity index (χ0) is 34.3. The molecule has 49 heavy (non-hydrogen) atoms. The number of fused-ring (bicyclic) bond motifs is 3. The quantitative estimate of drug-likeness (QED) is 0.140. The maximum atomic E-state index is 14.3. The molecule has 8 heteroatoms. The number of aromatic nitrogens is 2. The Morgan fingerprint density at radius 1 is 0.939 bits per heavy atom. The summed E-state index contributed by atoms with van der Waals surface area (Å²) in [5.74, 6) is -0.385. The molecular weight excluding hydrogens is 612 g/mol. The minimum absolute atomic E-state index is 0.0899. The van der Waals surface area contributed by atoms with Gasteiger partial charge in [-0.3, -0.25) is 14.5 Å². The van der Waals surface area contributed by atoms with E-state index in [-0.39, 0.29) is 24.2 Å². The Bertz CT molecular complexity index is 1730. The van der Waals surface area contributed by atoms with E-state index >= 15 is 0 Å². The highest BCUT2D eigenvalue weighted by atomic mass is 16.5. The molecule has 2 aromatic carbocycles. The van der Waals surface area contributed by atoms with Crippen molar-refractivity contribution < 1.29 is 19.4 Å². The third-order valence-corrected chi connectivity index (χ3v) is 11.0. The van der Waals surface area contributed by atoms with Crippen LogP contribution in [0.3, 0.4) is 0 Å². The van der Waals surface area contributed by atoms with E-state index in [0.717, 1.165) is 109 Å². The third-order valence-electron chi connectivity index (χ3n) is 11.0. The number of amides is 1. The molecule has 8 nitrogen and oxygen atoms in total. The van der Waals surface area contributed by atoms with Crippen LogP contribution in [-0.4, -0.2) is 82.3 Å². The first kappa shape index (κ1) is 35.1. The number of carboxylic acids is 1. The van der Waals surface area contributed by atoms with E-state index in [1.165, 1.54) is 32.1 Å². The second-order valence-electron chi connectivity index (χ2n) is 14.2. The molecule has 262 valence electrons. The number of benzene rings is 2. The van der Waals surface area contributed by atoms with Crippen LogP contribution in [0.25, 0.3) is 21.9 Å². The van der Waals surface area contributed by atoms with Crippen LogP contribution < -0.4 is 0 Å². The van der Waals surface area contributed by atoms with Crippen molar-refractivity contribution in [2.24, 2.45) is 5.92 Å². The number of carbonyl (C=O) groups excluding carboxylic acids is 1. The maximum Gasteiger partial charge on any atom is 0.303 e. The molecule has 0 aliphatic carbocycles. The fourth-order valence-electron chi connectivity index (χ4n) is 8.19. The lowest BCUT2D eigenvalue weighted by Crippen LogP contribution is -2.51. The van der Waals surface area contributed by atoms with Crippen molar-refractivity contribution >= 4 is 33.8 Å². The van der Waals surface area contributed by atoms with Crippen LogP contribution in [0.2, 0.25) is 0 Å². The maximum absolute atomic E-state index is 14.3. The molecule has 2 aromatic heterocycles. The van der Waals surface area contributed by atoms with Gasteiger partial charge in [0.25, 0.3) is 0 Å². The van der Waals surface area contributed by atoms with Crippen LogP contribution in [0.1, 0.15) is 92.2 Å². The van der Waals surface area contributed by atoms with Gasteiger partial charge in [-0.1, -0.05) is 75.1 Å². The average Bonchev–Trinajstić information content (AvgIpc) is 3.42. The lowest BCUT2D eigenvalue weighted by atomic mass is 9.80. The van der Waals surface area contributed by atoms with E-state index in [2.05, 4.69) is 76.7 Å². The van der Waals surface area contributed by atoms with Crippen molar-refractivity contribution in [3.8, 4) is 0 Å². The number of para-hydroxylation sites is 1. The number of carboxylic acid groups (broad SMARTS) is 1. The van der Waals surface area contributed by atoms with E-state index in [1.54, 1.807) is 0 Å². The Kier molecular flexibility index (Phi) is 11.7. The first-order valence-electron chi connectivity index (χ1n) is 18.6. The third kappa shape index (κ3) is 8.02.